The summed E-state index contributed by atoms with van der Waals surface area (Å²) >= 11 is 0. The number of halogens is 3. The Morgan fingerprint density at radius 2 is 1.88 bits per heavy atom. The van der Waals surface area contributed by atoms with Gasteiger partial charge in [0.05, 0.1) is 16.9 Å². The Kier molecular flexibility index (Phi) is 4.20. The van der Waals surface area contributed by atoms with Gasteiger partial charge in [-0.15, -0.1) is 0 Å². The predicted octanol–water partition coefficient (Wildman–Crippen LogP) is 2.31. The van der Waals surface area contributed by atoms with E-state index in [-0.39, 0.29) is 11.5 Å². The molecule has 1 aliphatic heterocycles. The van der Waals surface area contributed by atoms with E-state index in [2.05, 4.69) is 15.6 Å². The number of amides is 2. The van der Waals surface area contributed by atoms with Crippen LogP contribution in [0.25, 0.3) is 0 Å². The van der Waals surface area contributed by atoms with Gasteiger partial charge in [0.2, 0.25) is 5.91 Å². The summed E-state index contributed by atoms with van der Waals surface area (Å²) < 4.78 is 39.9. The highest BCUT2D eigenvalue weighted by Crippen LogP contribution is 2.21. The van der Waals surface area contributed by atoms with Crippen molar-refractivity contribution < 1.29 is 22.8 Å². The Morgan fingerprint density at radius 3 is 2.58 bits per heavy atom. The van der Waals surface area contributed by atoms with E-state index in [0.717, 1.165) is 0 Å². The molecule has 2 amide bonds. The summed E-state index contributed by atoms with van der Waals surface area (Å²) in [6, 6.07) is 2.53. The molecule has 0 bridgehead atoms. The second-order valence-corrected chi connectivity index (χ2v) is 5.30. The highest BCUT2D eigenvalue weighted by atomic mass is 19.1. The van der Waals surface area contributed by atoms with Gasteiger partial charge >= 0.3 is 0 Å². The van der Waals surface area contributed by atoms with Crippen LogP contribution in [-0.4, -0.2) is 16.8 Å². The number of aromatic nitrogens is 1. The van der Waals surface area contributed by atoms with Gasteiger partial charge in [-0.3, -0.25) is 14.6 Å². The van der Waals surface area contributed by atoms with Gasteiger partial charge < -0.3 is 10.6 Å². The predicted molar refractivity (Wildman–Crippen MR) is 78.7 cm³/mol. The Bertz CT molecular complexity index is 816. The molecule has 0 spiro atoms. The standard InChI is InChI=1S/C16H12F3N3O2/c17-9-4-11(18)10(12(19)5-9)7-21-16(24)8-3-14-13(20-6-8)1-2-15(23)22-14/h3-6H,1-2,7H2,(H,21,24)(H,22,23). The smallest absolute Gasteiger partial charge is 0.253 e. The van der Waals surface area contributed by atoms with Crippen LogP contribution >= 0.6 is 0 Å². The lowest BCUT2D eigenvalue weighted by Crippen LogP contribution is -2.26. The molecule has 8 heteroatoms. The minimum atomic E-state index is -1.08. The monoisotopic (exact) mass is 335 g/mol. The van der Waals surface area contributed by atoms with Gasteiger partial charge in [-0.25, -0.2) is 13.2 Å². The largest absolute Gasteiger partial charge is 0.348 e. The van der Waals surface area contributed by atoms with Crippen molar-refractivity contribution in [3.05, 3.63) is 58.7 Å². The minimum Gasteiger partial charge on any atom is -0.348 e. The minimum absolute atomic E-state index is 0.138. The van der Waals surface area contributed by atoms with Crippen LogP contribution in [0.1, 0.15) is 28.0 Å². The van der Waals surface area contributed by atoms with Crippen LogP contribution in [-0.2, 0) is 17.8 Å². The first-order valence-electron chi connectivity index (χ1n) is 7.14. The molecular formula is C16H12F3N3O2. The van der Waals surface area contributed by atoms with E-state index < -0.39 is 35.5 Å². The zero-order valence-corrected chi connectivity index (χ0v) is 12.3. The molecule has 1 aromatic carbocycles. The Balaban J connectivity index is 1.74. The molecule has 1 aromatic heterocycles. The molecule has 0 radical (unpaired) electrons. The van der Waals surface area contributed by atoms with Gasteiger partial charge in [0, 0.05) is 43.3 Å². The number of aryl methyl sites for hydroxylation is 1. The summed E-state index contributed by atoms with van der Waals surface area (Å²) in [5, 5.41) is 4.95. The van der Waals surface area contributed by atoms with Crippen LogP contribution in [0.15, 0.2) is 24.4 Å². The van der Waals surface area contributed by atoms with Crippen molar-refractivity contribution in [1.82, 2.24) is 10.3 Å². The third-order valence-corrected chi connectivity index (χ3v) is 3.63. The molecule has 1 aliphatic rings. The molecule has 0 saturated heterocycles. The number of fused-ring (bicyclic) bond motifs is 1. The summed E-state index contributed by atoms with van der Waals surface area (Å²) in [6.07, 6.45) is 2.13. The van der Waals surface area contributed by atoms with Crippen molar-refractivity contribution >= 4 is 17.5 Å². The number of anilines is 1. The molecule has 2 N–H and O–H groups in total. The Morgan fingerprint density at radius 1 is 1.17 bits per heavy atom. The fraction of sp³-hybridized carbons (Fsp3) is 0.188. The second-order valence-electron chi connectivity index (χ2n) is 5.30. The van der Waals surface area contributed by atoms with Crippen LogP contribution in [0, 0.1) is 17.5 Å². The van der Waals surface area contributed by atoms with E-state index >= 15 is 0 Å². The van der Waals surface area contributed by atoms with Crippen molar-refractivity contribution in [3.63, 3.8) is 0 Å². The van der Waals surface area contributed by atoms with Crippen LogP contribution < -0.4 is 10.6 Å². The number of pyridine rings is 1. The van der Waals surface area contributed by atoms with E-state index in [1.165, 1.54) is 12.3 Å². The average molecular weight is 335 g/mol. The molecule has 2 heterocycles. The number of hydrogen-bond donors (Lipinski definition) is 2. The van der Waals surface area contributed by atoms with Crippen molar-refractivity contribution in [1.29, 1.82) is 0 Å². The van der Waals surface area contributed by atoms with Crippen molar-refractivity contribution in [2.45, 2.75) is 19.4 Å². The average Bonchev–Trinajstić information content (AvgIpc) is 2.52. The molecule has 0 fully saturated rings. The maximum atomic E-state index is 13.5. The topological polar surface area (TPSA) is 71.1 Å². The van der Waals surface area contributed by atoms with Gasteiger partial charge in [-0.2, -0.15) is 0 Å². The highest BCUT2D eigenvalue weighted by Gasteiger charge is 2.18. The molecule has 24 heavy (non-hydrogen) atoms. The lowest BCUT2D eigenvalue weighted by molar-refractivity contribution is -0.116. The lowest BCUT2D eigenvalue weighted by Gasteiger charge is -2.16. The quantitative estimate of drug-likeness (QED) is 0.904. The molecule has 0 atom stereocenters. The zero-order valence-electron chi connectivity index (χ0n) is 12.3. The van der Waals surface area contributed by atoms with E-state index in [9.17, 15) is 22.8 Å². The fourth-order valence-electron chi connectivity index (χ4n) is 2.38. The van der Waals surface area contributed by atoms with Crippen molar-refractivity contribution in [2.24, 2.45) is 0 Å². The lowest BCUT2D eigenvalue weighted by atomic mass is 10.1. The van der Waals surface area contributed by atoms with Crippen LogP contribution in [0.4, 0.5) is 18.9 Å². The van der Waals surface area contributed by atoms with E-state index in [4.69, 9.17) is 0 Å². The summed E-state index contributed by atoms with van der Waals surface area (Å²) in [5.41, 5.74) is 0.808. The van der Waals surface area contributed by atoms with Gasteiger partial charge in [-0.05, 0) is 6.07 Å². The second kappa shape index (κ2) is 6.31. The molecule has 3 rings (SSSR count). The summed E-state index contributed by atoms with van der Waals surface area (Å²) in [5.74, 6) is -3.98. The van der Waals surface area contributed by atoms with Crippen LogP contribution in [0.5, 0.6) is 0 Å². The number of nitrogens with zero attached hydrogens (tertiary/aromatic N) is 1. The number of benzene rings is 1. The summed E-state index contributed by atoms with van der Waals surface area (Å²) in [4.78, 5) is 27.6. The third-order valence-electron chi connectivity index (χ3n) is 3.63. The maximum Gasteiger partial charge on any atom is 0.253 e. The number of rotatable bonds is 3. The zero-order chi connectivity index (χ0) is 17.3. The normalized spacial score (nSPS) is 13.2. The van der Waals surface area contributed by atoms with E-state index in [1.54, 1.807) is 0 Å². The number of hydrogen-bond acceptors (Lipinski definition) is 3. The van der Waals surface area contributed by atoms with Crippen LogP contribution in [0.3, 0.4) is 0 Å². The first kappa shape index (κ1) is 16.0. The fourth-order valence-corrected chi connectivity index (χ4v) is 2.38. The number of nitrogens with one attached hydrogen (secondary N) is 2. The molecular weight excluding hydrogens is 323 g/mol. The van der Waals surface area contributed by atoms with Gasteiger partial charge in [0.15, 0.2) is 0 Å². The SMILES string of the molecule is O=C1CCc2ncc(C(=O)NCc3c(F)cc(F)cc3F)cc2N1. The van der Waals surface area contributed by atoms with Gasteiger partial charge in [0.1, 0.15) is 17.5 Å². The van der Waals surface area contributed by atoms with Crippen LogP contribution in [0.2, 0.25) is 0 Å². The Labute approximate surface area is 134 Å². The van der Waals surface area contributed by atoms with E-state index in [1.807, 2.05) is 0 Å². The first-order valence-corrected chi connectivity index (χ1v) is 7.14. The number of carbonyl (C=O) groups excluding carboxylic acids is 2. The Hall–Kier alpha value is -2.90. The summed E-state index contributed by atoms with van der Waals surface area (Å²) in [7, 11) is 0. The summed E-state index contributed by atoms with van der Waals surface area (Å²) in [6.45, 7) is -0.444. The van der Waals surface area contributed by atoms with Gasteiger partial charge in [0.25, 0.3) is 5.91 Å². The molecule has 0 unspecified atom stereocenters. The molecule has 124 valence electrons. The first-order chi connectivity index (χ1) is 11.4. The molecule has 0 saturated carbocycles. The van der Waals surface area contributed by atoms with E-state index in [0.29, 0.717) is 36.4 Å². The number of carbonyl (C=O) groups is 2. The van der Waals surface area contributed by atoms with Crippen molar-refractivity contribution in [3.8, 4) is 0 Å². The van der Waals surface area contributed by atoms with Gasteiger partial charge in [-0.1, -0.05) is 0 Å². The van der Waals surface area contributed by atoms with Crippen molar-refractivity contribution in [2.75, 3.05) is 5.32 Å². The highest BCUT2D eigenvalue weighted by molar-refractivity contribution is 5.98. The third kappa shape index (κ3) is 3.22. The molecule has 0 aliphatic carbocycles. The molecule has 5 nitrogen and oxygen atoms in total. The maximum absolute atomic E-state index is 13.5. The molecule has 2 aromatic rings.